The topological polar surface area (TPSA) is 24.1 Å². The minimum atomic E-state index is 1.04. The van der Waals surface area contributed by atoms with E-state index in [9.17, 15) is 0 Å². The first-order valence-electron chi connectivity index (χ1n) is 9.62. The van der Waals surface area contributed by atoms with Crippen LogP contribution in [0.5, 0.6) is 0 Å². The number of rotatable bonds is 5. The molecule has 0 amide bonds. The molecule has 1 aliphatic rings. The lowest BCUT2D eigenvalue weighted by Gasteiger charge is -2.10. The zero-order chi connectivity index (χ0) is 18.0. The van der Waals surface area contributed by atoms with Crippen LogP contribution in [0, 0.1) is 0 Å². The highest BCUT2D eigenvalue weighted by atomic mass is 14.9. The number of benzene rings is 1. The van der Waals surface area contributed by atoms with Crippen molar-refractivity contribution < 1.29 is 0 Å². The van der Waals surface area contributed by atoms with Crippen molar-refractivity contribution in [2.75, 3.05) is 13.1 Å². The number of hydrogen-bond donors (Lipinski definition) is 2. The fourth-order valence-corrected chi connectivity index (χ4v) is 2.27. The Balaban J connectivity index is 0.000000400. The fourth-order valence-electron chi connectivity index (χ4n) is 2.27. The van der Waals surface area contributed by atoms with E-state index in [1.807, 2.05) is 13.8 Å². The molecular formula is C22H38N2. The molecule has 1 heterocycles. The standard InChI is InChI=1S/C10H13N.C10H19N.C2H6/c1-3-9-5-2-6-11-8-10(4-1)7-9;1-4-6-7-8-10(3)11-9-5-2;1-2/h1,3-4,7,11H,2,5-6,8H2;6-8,11H,4-5,9H2,1-3H3;1-2H3/b;7-6-,10-8+;. The average molecular weight is 331 g/mol. The van der Waals surface area contributed by atoms with E-state index in [2.05, 4.69) is 73.9 Å². The number of nitrogens with one attached hydrogen (secondary N) is 2. The molecule has 0 saturated heterocycles. The molecule has 0 saturated carbocycles. The van der Waals surface area contributed by atoms with E-state index < -0.39 is 0 Å². The van der Waals surface area contributed by atoms with Crippen molar-refractivity contribution in [3.63, 3.8) is 0 Å². The van der Waals surface area contributed by atoms with Crippen LogP contribution < -0.4 is 10.6 Å². The Labute approximate surface area is 150 Å². The summed E-state index contributed by atoms with van der Waals surface area (Å²) in [6.07, 6.45) is 11.1. The van der Waals surface area contributed by atoms with Crippen LogP contribution in [0.4, 0.5) is 0 Å². The molecule has 136 valence electrons. The Hall–Kier alpha value is -1.54. The number of hydrogen-bond acceptors (Lipinski definition) is 2. The van der Waals surface area contributed by atoms with Gasteiger partial charge in [0, 0.05) is 18.8 Å². The van der Waals surface area contributed by atoms with Gasteiger partial charge in [-0.25, -0.2) is 0 Å². The van der Waals surface area contributed by atoms with E-state index >= 15 is 0 Å². The molecule has 24 heavy (non-hydrogen) atoms. The molecule has 2 bridgehead atoms. The second kappa shape index (κ2) is 16.3. The molecule has 2 N–H and O–H groups in total. The first-order valence-corrected chi connectivity index (χ1v) is 9.62. The van der Waals surface area contributed by atoms with Crippen LogP contribution in [0.25, 0.3) is 0 Å². The van der Waals surface area contributed by atoms with Crippen LogP contribution in [0.1, 0.15) is 65.0 Å². The van der Waals surface area contributed by atoms with Gasteiger partial charge in [-0.2, -0.15) is 0 Å². The first kappa shape index (κ1) is 22.5. The molecule has 2 heteroatoms. The quantitative estimate of drug-likeness (QED) is 0.686. The van der Waals surface area contributed by atoms with Gasteiger partial charge in [-0.1, -0.05) is 64.1 Å². The number of aryl methyl sites for hydroxylation is 1. The minimum absolute atomic E-state index is 1.04. The Morgan fingerprint density at radius 2 is 1.96 bits per heavy atom. The van der Waals surface area contributed by atoms with Crippen LogP contribution in [-0.4, -0.2) is 13.1 Å². The Bertz CT molecular complexity index is 440. The molecule has 0 fully saturated rings. The van der Waals surface area contributed by atoms with Gasteiger partial charge >= 0.3 is 0 Å². The van der Waals surface area contributed by atoms with Crippen molar-refractivity contribution in [3.8, 4) is 0 Å². The SMILES string of the molecule is CC.CC/C=C\C=C(/C)NCCC.c1cc2cc(c1)CNCCC2. The van der Waals surface area contributed by atoms with Gasteiger partial charge in [-0.15, -0.1) is 0 Å². The highest BCUT2D eigenvalue weighted by molar-refractivity contribution is 5.24. The van der Waals surface area contributed by atoms with Gasteiger partial charge in [-0.05, 0) is 56.4 Å². The zero-order valence-electron chi connectivity index (χ0n) is 16.5. The normalized spacial score (nSPS) is 13.8. The monoisotopic (exact) mass is 330 g/mol. The Kier molecular flexibility index (Phi) is 15.3. The third-order valence-electron chi connectivity index (χ3n) is 3.51. The van der Waals surface area contributed by atoms with Crippen molar-refractivity contribution >= 4 is 0 Å². The Morgan fingerprint density at radius 1 is 1.21 bits per heavy atom. The summed E-state index contributed by atoms with van der Waals surface area (Å²) in [6, 6.07) is 8.85. The third-order valence-corrected chi connectivity index (χ3v) is 3.51. The third kappa shape index (κ3) is 12.0. The molecule has 0 spiro atoms. The lowest BCUT2D eigenvalue weighted by molar-refractivity contribution is 0.638. The van der Waals surface area contributed by atoms with Crippen LogP contribution >= 0.6 is 0 Å². The van der Waals surface area contributed by atoms with Crippen molar-refractivity contribution in [1.29, 1.82) is 0 Å². The molecule has 2 nitrogen and oxygen atoms in total. The summed E-state index contributed by atoms with van der Waals surface area (Å²) >= 11 is 0. The van der Waals surface area contributed by atoms with Gasteiger partial charge in [0.15, 0.2) is 0 Å². The van der Waals surface area contributed by atoms with Crippen LogP contribution in [-0.2, 0) is 13.0 Å². The van der Waals surface area contributed by atoms with Gasteiger partial charge in [-0.3, -0.25) is 0 Å². The predicted octanol–water partition coefficient (Wildman–Crippen LogP) is 5.60. The van der Waals surface area contributed by atoms with E-state index in [0.29, 0.717) is 0 Å². The van der Waals surface area contributed by atoms with E-state index in [1.54, 1.807) is 0 Å². The smallest absolute Gasteiger partial charge is 0.0205 e. The van der Waals surface area contributed by atoms with Gasteiger partial charge in [0.05, 0.1) is 0 Å². The summed E-state index contributed by atoms with van der Waals surface area (Å²) in [4.78, 5) is 0. The van der Waals surface area contributed by atoms with E-state index in [0.717, 1.165) is 26.1 Å². The second-order valence-corrected chi connectivity index (χ2v) is 5.71. The first-order chi connectivity index (χ1) is 11.8. The summed E-state index contributed by atoms with van der Waals surface area (Å²) in [5, 5.41) is 6.70. The highest BCUT2D eigenvalue weighted by Gasteiger charge is 1.99. The summed E-state index contributed by atoms with van der Waals surface area (Å²) < 4.78 is 0. The predicted molar refractivity (Wildman–Crippen MR) is 109 cm³/mol. The van der Waals surface area contributed by atoms with Gasteiger partial charge < -0.3 is 10.6 Å². The molecular weight excluding hydrogens is 292 g/mol. The van der Waals surface area contributed by atoms with E-state index in [-0.39, 0.29) is 0 Å². The molecule has 1 aliphatic heterocycles. The van der Waals surface area contributed by atoms with Crippen molar-refractivity contribution in [2.45, 2.75) is 66.8 Å². The van der Waals surface area contributed by atoms with Crippen LogP contribution in [0.3, 0.4) is 0 Å². The van der Waals surface area contributed by atoms with Crippen LogP contribution in [0.15, 0.2) is 48.2 Å². The molecule has 0 aliphatic carbocycles. The van der Waals surface area contributed by atoms with Gasteiger partial charge in [0.25, 0.3) is 0 Å². The lowest BCUT2D eigenvalue weighted by atomic mass is 10.0. The number of allylic oxidation sites excluding steroid dienone is 4. The summed E-state index contributed by atoms with van der Waals surface area (Å²) in [5.74, 6) is 0. The maximum atomic E-state index is 3.40. The molecule has 1 aromatic carbocycles. The highest BCUT2D eigenvalue weighted by Crippen LogP contribution is 2.09. The van der Waals surface area contributed by atoms with Crippen LogP contribution in [0.2, 0.25) is 0 Å². The zero-order valence-corrected chi connectivity index (χ0v) is 16.5. The summed E-state index contributed by atoms with van der Waals surface area (Å²) in [7, 11) is 0. The van der Waals surface area contributed by atoms with Crippen molar-refractivity contribution in [1.82, 2.24) is 10.6 Å². The van der Waals surface area contributed by atoms with Crippen molar-refractivity contribution in [2.24, 2.45) is 0 Å². The Morgan fingerprint density at radius 3 is 2.67 bits per heavy atom. The molecule has 0 unspecified atom stereocenters. The maximum Gasteiger partial charge on any atom is 0.0205 e. The molecule has 0 aromatic heterocycles. The van der Waals surface area contributed by atoms with Gasteiger partial charge in [0.1, 0.15) is 0 Å². The molecule has 0 radical (unpaired) electrons. The minimum Gasteiger partial charge on any atom is -0.389 e. The van der Waals surface area contributed by atoms with Crippen molar-refractivity contribution in [3.05, 3.63) is 59.3 Å². The number of fused-ring (bicyclic) bond motifs is 2. The lowest BCUT2D eigenvalue weighted by Crippen LogP contribution is -2.17. The van der Waals surface area contributed by atoms with E-state index in [1.165, 1.54) is 36.1 Å². The molecule has 0 atom stereocenters. The second-order valence-electron chi connectivity index (χ2n) is 5.71. The summed E-state index contributed by atoms with van der Waals surface area (Å²) in [5.41, 5.74) is 4.16. The maximum absolute atomic E-state index is 3.40. The van der Waals surface area contributed by atoms with E-state index in [4.69, 9.17) is 0 Å². The van der Waals surface area contributed by atoms with Gasteiger partial charge in [0.2, 0.25) is 0 Å². The molecule has 1 aromatic rings. The molecule has 2 rings (SSSR count). The summed E-state index contributed by atoms with van der Waals surface area (Å²) in [6.45, 7) is 13.7. The average Bonchev–Trinajstić information content (AvgIpc) is 2.61. The largest absolute Gasteiger partial charge is 0.389 e. The fraction of sp³-hybridized carbons (Fsp3) is 0.545.